The van der Waals surface area contributed by atoms with Gasteiger partial charge in [0.2, 0.25) is 0 Å². The van der Waals surface area contributed by atoms with E-state index in [2.05, 4.69) is 10.2 Å². The Bertz CT molecular complexity index is 561. The Hall–Kier alpha value is -1.18. The van der Waals surface area contributed by atoms with Crippen LogP contribution in [0.5, 0.6) is 0 Å². The minimum absolute atomic E-state index is 0.114. The highest BCUT2D eigenvalue weighted by molar-refractivity contribution is 7.89. The lowest BCUT2D eigenvalue weighted by molar-refractivity contribution is 0.401. The molecule has 0 radical (unpaired) electrons. The van der Waals surface area contributed by atoms with Crippen molar-refractivity contribution in [3.63, 3.8) is 0 Å². The Labute approximate surface area is 104 Å². The van der Waals surface area contributed by atoms with E-state index in [-0.39, 0.29) is 11.1 Å². The van der Waals surface area contributed by atoms with E-state index in [4.69, 9.17) is 0 Å². The van der Waals surface area contributed by atoms with Crippen molar-refractivity contribution in [1.82, 2.24) is 14.5 Å². The van der Waals surface area contributed by atoms with E-state index in [0.29, 0.717) is 0 Å². The van der Waals surface area contributed by atoms with Gasteiger partial charge in [0.05, 0.1) is 12.2 Å². The summed E-state index contributed by atoms with van der Waals surface area (Å²) in [6.45, 7) is 1.86. The molecule has 0 spiro atoms. The van der Waals surface area contributed by atoms with Gasteiger partial charge >= 0.3 is 0 Å². The van der Waals surface area contributed by atoms with Crippen molar-refractivity contribution in [2.75, 3.05) is 7.05 Å². The SMILES string of the molecule is CC(c1cccs1)N(C)S(=O)(=O)c1ccn[nH]1. The van der Waals surface area contributed by atoms with Crippen LogP contribution >= 0.6 is 11.3 Å². The van der Waals surface area contributed by atoms with Crippen LogP contribution in [0.4, 0.5) is 0 Å². The van der Waals surface area contributed by atoms with Crippen molar-refractivity contribution >= 4 is 21.4 Å². The maximum absolute atomic E-state index is 12.2. The third-order valence-electron chi connectivity index (χ3n) is 2.63. The monoisotopic (exact) mass is 271 g/mol. The van der Waals surface area contributed by atoms with Gasteiger partial charge in [-0.2, -0.15) is 9.40 Å². The zero-order chi connectivity index (χ0) is 12.5. The molecule has 5 nitrogen and oxygen atoms in total. The van der Waals surface area contributed by atoms with Gasteiger partial charge in [-0.3, -0.25) is 5.10 Å². The normalized spacial score (nSPS) is 14.1. The van der Waals surface area contributed by atoms with Crippen molar-refractivity contribution in [2.24, 2.45) is 0 Å². The highest BCUT2D eigenvalue weighted by Crippen LogP contribution is 2.27. The average molecular weight is 271 g/mol. The van der Waals surface area contributed by atoms with Crippen molar-refractivity contribution < 1.29 is 8.42 Å². The number of rotatable bonds is 4. The molecule has 1 N–H and O–H groups in total. The quantitative estimate of drug-likeness (QED) is 0.923. The third kappa shape index (κ3) is 2.26. The topological polar surface area (TPSA) is 66.1 Å². The molecule has 0 aliphatic carbocycles. The van der Waals surface area contributed by atoms with E-state index in [9.17, 15) is 8.42 Å². The number of aromatic amines is 1. The second-order valence-corrected chi connectivity index (χ2v) is 6.58. The molecular formula is C10H13N3O2S2. The fraction of sp³-hybridized carbons (Fsp3) is 0.300. The predicted molar refractivity (Wildman–Crippen MR) is 66.3 cm³/mol. The molecule has 0 aliphatic heterocycles. The first-order valence-corrected chi connectivity index (χ1v) is 7.36. The molecule has 0 saturated heterocycles. The van der Waals surface area contributed by atoms with Crippen LogP contribution in [0.3, 0.4) is 0 Å². The average Bonchev–Trinajstić information content (AvgIpc) is 2.98. The van der Waals surface area contributed by atoms with Gasteiger partial charge in [0.15, 0.2) is 5.03 Å². The highest BCUT2D eigenvalue weighted by atomic mass is 32.2. The van der Waals surface area contributed by atoms with E-state index < -0.39 is 10.0 Å². The van der Waals surface area contributed by atoms with Gasteiger partial charge < -0.3 is 0 Å². The van der Waals surface area contributed by atoms with Crippen LogP contribution in [0.2, 0.25) is 0 Å². The first-order chi connectivity index (χ1) is 8.03. The fourth-order valence-corrected chi connectivity index (χ4v) is 3.59. The van der Waals surface area contributed by atoms with E-state index in [1.165, 1.54) is 16.6 Å². The largest absolute Gasteiger partial charge is 0.266 e. The van der Waals surface area contributed by atoms with Crippen molar-refractivity contribution in [2.45, 2.75) is 18.0 Å². The minimum Gasteiger partial charge on any atom is -0.266 e. The second kappa shape index (κ2) is 4.59. The second-order valence-electron chi connectivity index (χ2n) is 3.63. The van der Waals surface area contributed by atoms with E-state index in [1.807, 2.05) is 24.4 Å². The number of thiophene rings is 1. The summed E-state index contributed by atoms with van der Waals surface area (Å²) in [5.74, 6) is 0. The summed E-state index contributed by atoms with van der Waals surface area (Å²) in [6, 6.07) is 5.09. The van der Waals surface area contributed by atoms with Crippen LogP contribution in [0.25, 0.3) is 0 Å². The molecule has 2 rings (SSSR count). The number of nitrogens with one attached hydrogen (secondary N) is 1. The van der Waals surface area contributed by atoms with Crippen LogP contribution in [0.1, 0.15) is 17.8 Å². The Balaban J connectivity index is 2.29. The molecule has 1 atom stereocenters. The van der Waals surface area contributed by atoms with Gasteiger partial charge in [-0.25, -0.2) is 8.42 Å². The van der Waals surface area contributed by atoms with Crippen LogP contribution in [0, 0.1) is 0 Å². The Kier molecular flexibility index (Phi) is 3.32. The number of hydrogen-bond donors (Lipinski definition) is 1. The molecule has 17 heavy (non-hydrogen) atoms. The molecule has 0 aromatic carbocycles. The summed E-state index contributed by atoms with van der Waals surface area (Å²) in [5, 5.41) is 8.19. The molecule has 0 fully saturated rings. The minimum atomic E-state index is -3.50. The van der Waals surface area contributed by atoms with Crippen molar-refractivity contribution in [3.05, 3.63) is 34.7 Å². The smallest absolute Gasteiger partial charge is 0.260 e. The summed E-state index contributed by atoms with van der Waals surface area (Å²) in [5.41, 5.74) is 0. The summed E-state index contributed by atoms with van der Waals surface area (Å²) < 4.78 is 25.7. The first-order valence-electron chi connectivity index (χ1n) is 5.04. The number of H-pyrrole nitrogens is 1. The standard InChI is InChI=1S/C10H13N3O2S2/c1-8(9-4-3-7-16-9)13(2)17(14,15)10-5-6-11-12-10/h3-8H,1-2H3,(H,11,12). The lowest BCUT2D eigenvalue weighted by atomic mass is 10.3. The molecule has 1 unspecified atom stereocenters. The van der Waals surface area contributed by atoms with E-state index in [0.717, 1.165) is 4.88 Å². The number of nitrogens with zero attached hydrogens (tertiary/aromatic N) is 2. The highest BCUT2D eigenvalue weighted by Gasteiger charge is 2.27. The molecule has 2 aromatic rings. The van der Waals surface area contributed by atoms with Crippen LogP contribution in [-0.4, -0.2) is 30.0 Å². The molecule has 2 aromatic heterocycles. The molecule has 92 valence electrons. The Morgan fingerprint density at radius 2 is 2.24 bits per heavy atom. The zero-order valence-electron chi connectivity index (χ0n) is 9.49. The summed E-state index contributed by atoms with van der Waals surface area (Å²) >= 11 is 1.54. The number of aromatic nitrogens is 2. The van der Waals surface area contributed by atoms with Crippen LogP contribution in [0.15, 0.2) is 34.8 Å². The van der Waals surface area contributed by atoms with Gasteiger partial charge in [0, 0.05) is 11.9 Å². The number of sulfonamides is 1. The molecule has 0 saturated carbocycles. The molecule has 7 heteroatoms. The maximum Gasteiger partial charge on any atom is 0.260 e. The molecule has 0 bridgehead atoms. The first kappa shape index (κ1) is 12.3. The Morgan fingerprint density at radius 3 is 2.76 bits per heavy atom. The van der Waals surface area contributed by atoms with Crippen molar-refractivity contribution in [3.8, 4) is 0 Å². The molecular weight excluding hydrogens is 258 g/mol. The summed E-state index contributed by atoms with van der Waals surface area (Å²) in [4.78, 5) is 1.01. The van der Waals surface area contributed by atoms with Crippen LogP contribution in [-0.2, 0) is 10.0 Å². The predicted octanol–water partition coefficient (Wildman–Crippen LogP) is 1.85. The number of hydrogen-bond acceptors (Lipinski definition) is 4. The fourth-order valence-electron chi connectivity index (χ4n) is 1.46. The Morgan fingerprint density at radius 1 is 1.47 bits per heavy atom. The van der Waals surface area contributed by atoms with E-state index in [1.54, 1.807) is 18.4 Å². The van der Waals surface area contributed by atoms with E-state index >= 15 is 0 Å². The lowest BCUT2D eigenvalue weighted by Crippen LogP contribution is -2.29. The van der Waals surface area contributed by atoms with Gasteiger partial charge in [-0.05, 0) is 24.4 Å². The van der Waals surface area contributed by atoms with Crippen molar-refractivity contribution in [1.29, 1.82) is 0 Å². The third-order valence-corrected chi connectivity index (χ3v) is 5.53. The van der Waals surface area contributed by atoms with Gasteiger partial charge in [0.1, 0.15) is 0 Å². The summed E-state index contributed by atoms with van der Waals surface area (Å²) in [7, 11) is -1.93. The molecule has 2 heterocycles. The van der Waals surface area contributed by atoms with Gasteiger partial charge in [-0.1, -0.05) is 6.07 Å². The summed E-state index contributed by atoms with van der Waals surface area (Å²) in [6.07, 6.45) is 1.43. The van der Waals surface area contributed by atoms with Gasteiger partial charge in [-0.15, -0.1) is 11.3 Å². The lowest BCUT2D eigenvalue weighted by Gasteiger charge is -2.22. The molecule has 0 aliphatic rings. The molecule has 0 amide bonds. The van der Waals surface area contributed by atoms with Crippen LogP contribution < -0.4 is 0 Å². The maximum atomic E-state index is 12.2. The zero-order valence-corrected chi connectivity index (χ0v) is 11.1. The van der Waals surface area contributed by atoms with Gasteiger partial charge in [0.25, 0.3) is 10.0 Å².